The number of nitrogens with two attached hydrogens (primary N) is 1. The van der Waals surface area contributed by atoms with Gasteiger partial charge in [0.1, 0.15) is 5.82 Å². The highest BCUT2D eigenvalue weighted by Gasteiger charge is 2.23. The summed E-state index contributed by atoms with van der Waals surface area (Å²) in [5, 5.41) is 3.29. The fourth-order valence-corrected chi connectivity index (χ4v) is 1.81. The Balaban J connectivity index is 2.65. The average Bonchev–Trinajstić information content (AvgIpc) is 2.27. The van der Waals surface area contributed by atoms with Crippen LogP contribution in [0.1, 0.15) is 27.2 Å². The minimum atomic E-state index is -0.206. The van der Waals surface area contributed by atoms with Crippen LogP contribution < -0.4 is 11.1 Å². The zero-order valence-electron chi connectivity index (χ0n) is 11.0. The summed E-state index contributed by atoms with van der Waals surface area (Å²) in [4.78, 5) is 16.1. The number of carbonyl (C=O) groups is 1. The number of carbonyl (C=O) groups excluding carboxylic acids is 1. The highest BCUT2D eigenvalue weighted by molar-refractivity contribution is 6.30. The number of aromatic nitrogens is 1. The predicted octanol–water partition coefficient (Wildman–Crippen LogP) is 2.68. The van der Waals surface area contributed by atoms with Gasteiger partial charge in [-0.15, -0.1) is 0 Å². The summed E-state index contributed by atoms with van der Waals surface area (Å²) >= 11 is 5.73. The molecule has 1 amide bonds. The third kappa shape index (κ3) is 5.02. The molecule has 1 unspecified atom stereocenters. The fraction of sp³-hybridized carbons (Fsp3) is 0.538. The number of nitrogens with zero attached hydrogens (tertiary/aromatic N) is 1. The average molecular weight is 270 g/mol. The van der Waals surface area contributed by atoms with Crippen molar-refractivity contribution in [3.63, 3.8) is 0 Å². The Labute approximate surface area is 113 Å². The summed E-state index contributed by atoms with van der Waals surface area (Å²) in [5.41, 5.74) is 5.72. The Hall–Kier alpha value is -1.13. The molecule has 0 bridgehead atoms. The second-order valence-corrected chi connectivity index (χ2v) is 5.98. The number of hydrogen-bond acceptors (Lipinski definition) is 3. The first-order valence-corrected chi connectivity index (χ1v) is 6.32. The van der Waals surface area contributed by atoms with E-state index in [9.17, 15) is 4.79 Å². The van der Waals surface area contributed by atoms with Crippen molar-refractivity contribution in [2.75, 3.05) is 11.9 Å². The Morgan fingerprint density at radius 3 is 2.61 bits per heavy atom. The number of nitrogens with one attached hydrogen (secondary N) is 1. The number of amides is 1. The van der Waals surface area contributed by atoms with Crippen molar-refractivity contribution in [1.82, 2.24) is 4.98 Å². The molecule has 0 saturated heterocycles. The minimum Gasteiger partial charge on any atom is -0.330 e. The van der Waals surface area contributed by atoms with Crippen LogP contribution in [0, 0.1) is 11.3 Å². The standard InChI is InChI=1S/C13H20ClN3O/c1-13(2,3)6-9(7-15)12(18)17-11-5-4-10(14)8-16-11/h4-5,8-9H,6-7,15H2,1-3H3,(H,16,17,18). The van der Waals surface area contributed by atoms with E-state index in [0.29, 0.717) is 17.4 Å². The van der Waals surface area contributed by atoms with Crippen molar-refractivity contribution in [2.24, 2.45) is 17.1 Å². The highest BCUT2D eigenvalue weighted by Crippen LogP contribution is 2.24. The molecule has 3 N–H and O–H groups in total. The van der Waals surface area contributed by atoms with Gasteiger partial charge in [-0.1, -0.05) is 32.4 Å². The maximum atomic E-state index is 12.0. The molecular formula is C13H20ClN3O. The van der Waals surface area contributed by atoms with Gasteiger partial charge in [-0.2, -0.15) is 0 Å². The van der Waals surface area contributed by atoms with Gasteiger partial charge in [0.15, 0.2) is 0 Å². The number of halogens is 1. The fourth-order valence-electron chi connectivity index (χ4n) is 1.70. The Kier molecular flexibility index (Phi) is 5.11. The number of hydrogen-bond donors (Lipinski definition) is 2. The molecule has 0 aliphatic heterocycles. The minimum absolute atomic E-state index is 0.0643. The van der Waals surface area contributed by atoms with Gasteiger partial charge in [0.05, 0.1) is 10.9 Å². The second kappa shape index (κ2) is 6.16. The van der Waals surface area contributed by atoms with Crippen LogP contribution >= 0.6 is 11.6 Å². The van der Waals surface area contributed by atoms with E-state index in [2.05, 4.69) is 31.1 Å². The van der Waals surface area contributed by atoms with Gasteiger partial charge in [-0.05, 0) is 24.0 Å². The second-order valence-electron chi connectivity index (χ2n) is 5.55. The van der Waals surface area contributed by atoms with E-state index < -0.39 is 0 Å². The normalized spacial score (nSPS) is 13.2. The third-order valence-corrected chi connectivity index (χ3v) is 2.72. The molecular weight excluding hydrogens is 250 g/mol. The Morgan fingerprint density at radius 1 is 1.50 bits per heavy atom. The van der Waals surface area contributed by atoms with E-state index in [0.717, 1.165) is 6.42 Å². The van der Waals surface area contributed by atoms with Gasteiger partial charge < -0.3 is 11.1 Å². The summed E-state index contributed by atoms with van der Waals surface area (Å²) in [6.45, 7) is 6.59. The molecule has 5 heteroatoms. The molecule has 0 aliphatic carbocycles. The highest BCUT2D eigenvalue weighted by atomic mass is 35.5. The number of rotatable bonds is 4. The molecule has 0 fully saturated rings. The van der Waals surface area contributed by atoms with E-state index >= 15 is 0 Å². The molecule has 100 valence electrons. The van der Waals surface area contributed by atoms with Gasteiger partial charge >= 0.3 is 0 Å². The van der Waals surface area contributed by atoms with E-state index in [1.165, 1.54) is 6.20 Å². The van der Waals surface area contributed by atoms with Gasteiger partial charge in [0.25, 0.3) is 0 Å². The molecule has 0 saturated carbocycles. The van der Waals surface area contributed by atoms with E-state index in [1.54, 1.807) is 12.1 Å². The van der Waals surface area contributed by atoms with Gasteiger partial charge in [-0.3, -0.25) is 4.79 Å². The van der Waals surface area contributed by atoms with Gasteiger partial charge in [0, 0.05) is 12.7 Å². The lowest BCUT2D eigenvalue weighted by molar-refractivity contribution is -0.120. The molecule has 18 heavy (non-hydrogen) atoms. The smallest absolute Gasteiger partial charge is 0.229 e. The number of pyridine rings is 1. The van der Waals surface area contributed by atoms with Crippen LogP contribution in [0.25, 0.3) is 0 Å². The lowest BCUT2D eigenvalue weighted by Gasteiger charge is -2.24. The van der Waals surface area contributed by atoms with Gasteiger partial charge in [-0.25, -0.2) is 4.98 Å². The van der Waals surface area contributed by atoms with Crippen molar-refractivity contribution in [3.8, 4) is 0 Å². The molecule has 1 aromatic heterocycles. The molecule has 0 aromatic carbocycles. The summed E-state index contributed by atoms with van der Waals surface area (Å²) in [5.74, 6) is 0.196. The van der Waals surface area contributed by atoms with Crippen LogP contribution in [-0.2, 0) is 4.79 Å². The third-order valence-electron chi connectivity index (χ3n) is 2.49. The molecule has 4 nitrogen and oxygen atoms in total. The van der Waals surface area contributed by atoms with Crippen LogP contribution in [0.5, 0.6) is 0 Å². The lowest BCUT2D eigenvalue weighted by Crippen LogP contribution is -2.32. The summed E-state index contributed by atoms with van der Waals surface area (Å²) in [6, 6.07) is 3.36. The summed E-state index contributed by atoms with van der Waals surface area (Å²) < 4.78 is 0. The first kappa shape index (κ1) is 14.9. The van der Waals surface area contributed by atoms with E-state index in [1.807, 2.05) is 0 Å². The van der Waals surface area contributed by atoms with E-state index in [4.69, 9.17) is 17.3 Å². The summed E-state index contributed by atoms with van der Waals surface area (Å²) in [6.07, 6.45) is 2.24. The van der Waals surface area contributed by atoms with Crippen molar-refractivity contribution in [3.05, 3.63) is 23.4 Å². The first-order chi connectivity index (χ1) is 8.31. The van der Waals surface area contributed by atoms with Gasteiger partial charge in [0.2, 0.25) is 5.91 Å². The van der Waals surface area contributed by atoms with Crippen LogP contribution in [0.2, 0.25) is 5.02 Å². The molecule has 0 aliphatic rings. The topological polar surface area (TPSA) is 68.0 Å². The molecule has 1 heterocycles. The Morgan fingerprint density at radius 2 is 2.17 bits per heavy atom. The van der Waals surface area contributed by atoms with Crippen LogP contribution in [0.15, 0.2) is 18.3 Å². The molecule has 1 aromatic rings. The van der Waals surface area contributed by atoms with Crippen LogP contribution in [0.4, 0.5) is 5.82 Å². The summed E-state index contributed by atoms with van der Waals surface area (Å²) in [7, 11) is 0. The number of anilines is 1. The molecule has 1 atom stereocenters. The quantitative estimate of drug-likeness (QED) is 0.883. The zero-order chi connectivity index (χ0) is 13.8. The van der Waals surface area contributed by atoms with E-state index in [-0.39, 0.29) is 17.2 Å². The molecule has 1 rings (SSSR count). The van der Waals surface area contributed by atoms with Crippen molar-refractivity contribution in [1.29, 1.82) is 0 Å². The molecule has 0 radical (unpaired) electrons. The lowest BCUT2D eigenvalue weighted by atomic mass is 9.84. The maximum Gasteiger partial charge on any atom is 0.229 e. The Bertz CT molecular complexity index is 398. The van der Waals surface area contributed by atoms with Crippen molar-refractivity contribution in [2.45, 2.75) is 27.2 Å². The van der Waals surface area contributed by atoms with Crippen molar-refractivity contribution >= 4 is 23.3 Å². The van der Waals surface area contributed by atoms with Crippen LogP contribution in [0.3, 0.4) is 0 Å². The largest absolute Gasteiger partial charge is 0.330 e. The molecule has 0 spiro atoms. The van der Waals surface area contributed by atoms with Crippen LogP contribution in [-0.4, -0.2) is 17.4 Å². The monoisotopic (exact) mass is 269 g/mol. The zero-order valence-corrected chi connectivity index (χ0v) is 11.8. The predicted molar refractivity (Wildman–Crippen MR) is 74.5 cm³/mol. The maximum absolute atomic E-state index is 12.0. The van der Waals surface area contributed by atoms with Crippen molar-refractivity contribution < 1.29 is 4.79 Å². The first-order valence-electron chi connectivity index (χ1n) is 5.94. The SMILES string of the molecule is CC(C)(C)CC(CN)C(=O)Nc1ccc(Cl)cn1.